The Morgan fingerprint density at radius 1 is 1.21 bits per heavy atom. The number of amides is 1. The lowest BCUT2D eigenvalue weighted by atomic mass is 10.1. The summed E-state index contributed by atoms with van der Waals surface area (Å²) in [5, 5.41) is 3.45. The maximum atomic E-state index is 11.8. The van der Waals surface area contributed by atoms with Gasteiger partial charge in [-0.2, -0.15) is 0 Å². The first-order chi connectivity index (χ1) is 9.08. The molecule has 1 aromatic carbocycles. The monoisotopic (exact) mass is 274 g/mol. The predicted molar refractivity (Wildman–Crippen MR) is 77.3 cm³/mol. The second-order valence-corrected chi connectivity index (χ2v) is 4.95. The molecule has 1 N–H and O–H groups in total. The van der Waals surface area contributed by atoms with Gasteiger partial charge < -0.3 is 5.32 Å². The lowest BCUT2D eigenvalue weighted by molar-refractivity contribution is 0.0943. The molecule has 0 atom stereocenters. The molecular weight excluding hydrogens is 260 g/mol. The van der Waals surface area contributed by atoms with Crippen LogP contribution in [0.15, 0.2) is 42.6 Å². The summed E-state index contributed by atoms with van der Waals surface area (Å²) in [6, 6.07) is 11.0. The maximum Gasteiger partial charge on any atom is 0.251 e. The molecule has 0 unspecified atom stereocenters. The van der Waals surface area contributed by atoms with E-state index in [1.807, 2.05) is 26.0 Å². The molecule has 1 heterocycles. The van der Waals surface area contributed by atoms with Gasteiger partial charge >= 0.3 is 0 Å². The van der Waals surface area contributed by atoms with Gasteiger partial charge in [0, 0.05) is 23.4 Å². The fraction of sp³-hybridized carbons (Fsp3) is 0.200. The molecule has 0 aliphatic carbocycles. The molecule has 4 heteroatoms. The van der Waals surface area contributed by atoms with Crippen LogP contribution in [0, 0.1) is 0 Å². The highest BCUT2D eigenvalue weighted by atomic mass is 35.5. The van der Waals surface area contributed by atoms with Crippen molar-refractivity contribution in [2.45, 2.75) is 19.9 Å². The van der Waals surface area contributed by atoms with E-state index in [-0.39, 0.29) is 11.9 Å². The van der Waals surface area contributed by atoms with E-state index in [1.165, 1.54) is 0 Å². The second-order valence-electron chi connectivity index (χ2n) is 4.54. The summed E-state index contributed by atoms with van der Waals surface area (Å²) in [5.74, 6) is -0.0753. The van der Waals surface area contributed by atoms with Crippen molar-refractivity contribution in [3.8, 4) is 11.3 Å². The lowest BCUT2D eigenvalue weighted by Gasteiger charge is -2.09. The fourth-order valence-corrected chi connectivity index (χ4v) is 1.95. The van der Waals surface area contributed by atoms with Gasteiger partial charge in [0.2, 0.25) is 0 Å². The van der Waals surface area contributed by atoms with E-state index in [4.69, 9.17) is 11.6 Å². The van der Waals surface area contributed by atoms with Gasteiger partial charge in [-0.3, -0.25) is 9.78 Å². The minimum absolute atomic E-state index is 0.0753. The van der Waals surface area contributed by atoms with Crippen molar-refractivity contribution < 1.29 is 4.79 Å². The average molecular weight is 275 g/mol. The molecule has 0 saturated carbocycles. The van der Waals surface area contributed by atoms with Gasteiger partial charge in [-0.05, 0) is 38.1 Å². The molecule has 0 bridgehead atoms. The minimum Gasteiger partial charge on any atom is -0.350 e. The molecule has 0 aliphatic heterocycles. The van der Waals surface area contributed by atoms with Gasteiger partial charge in [0.25, 0.3) is 5.91 Å². The third kappa shape index (κ3) is 3.32. The topological polar surface area (TPSA) is 42.0 Å². The first kappa shape index (κ1) is 13.6. The van der Waals surface area contributed by atoms with Gasteiger partial charge in [-0.25, -0.2) is 0 Å². The normalized spacial score (nSPS) is 10.5. The van der Waals surface area contributed by atoms with Crippen molar-refractivity contribution in [3.63, 3.8) is 0 Å². The van der Waals surface area contributed by atoms with E-state index in [0.717, 1.165) is 11.3 Å². The molecule has 1 aromatic heterocycles. The fourth-order valence-electron chi connectivity index (χ4n) is 1.72. The number of carbonyl (C=O) groups excluding carboxylic acids is 1. The van der Waals surface area contributed by atoms with Gasteiger partial charge in [0.1, 0.15) is 0 Å². The Morgan fingerprint density at radius 3 is 2.47 bits per heavy atom. The van der Waals surface area contributed by atoms with E-state index >= 15 is 0 Å². The summed E-state index contributed by atoms with van der Waals surface area (Å²) < 4.78 is 0. The Balaban J connectivity index is 2.24. The molecule has 0 spiro atoms. The predicted octanol–water partition coefficient (Wildman–Crippen LogP) is 3.54. The van der Waals surface area contributed by atoms with Crippen molar-refractivity contribution in [3.05, 3.63) is 53.2 Å². The molecular formula is C15H15ClN2O. The summed E-state index contributed by atoms with van der Waals surface area (Å²) in [7, 11) is 0. The largest absolute Gasteiger partial charge is 0.350 e. The van der Waals surface area contributed by atoms with Gasteiger partial charge in [-0.15, -0.1) is 0 Å². The molecule has 19 heavy (non-hydrogen) atoms. The highest BCUT2D eigenvalue weighted by molar-refractivity contribution is 6.33. The molecule has 0 saturated heterocycles. The number of hydrogen-bond donors (Lipinski definition) is 1. The van der Waals surface area contributed by atoms with Crippen LogP contribution in [0.2, 0.25) is 5.02 Å². The standard InChI is InChI=1S/C15H15ClN2O/c1-10(2)18-15(19)12-7-5-11(6-8-12)14-13(16)4-3-9-17-14/h3-10H,1-2H3,(H,18,19). The van der Waals surface area contributed by atoms with Crippen molar-refractivity contribution in [1.82, 2.24) is 10.3 Å². The van der Waals surface area contributed by atoms with Crippen LogP contribution in [0.1, 0.15) is 24.2 Å². The van der Waals surface area contributed by atoms with Crippen LogP contribution in [0.5, 0.6) is 0 Å². The van der Waals surface area contributed by atoms with E-state index < -0.39 is 0 Å². The summed E-state index contributed by atoms with van der Waals surface area (Å²) >= 11 is 6.09. The zero-order valence-electron chi connectivity index (χ0n) is 10.9. The Kier molecular flexibility index (Phi) is 4.17. The Labute approximate surface area is 117 Å². The summed E-state index contributed by atoms with van der Waals surface area (Å²) in [6.07, 6.45) is 1.70. The third-order valence-electron chi connectivity index (χ3n) is 2.60. The quantitative estimate of drug-likeness (QED) is 0.930. The number of carbonyl (C=O) groups is 1. The van der Waals surface area contributed by atoms with E-state index in [0.29, 0.717) is 10.6 Å². The van der Waals surface area contributed by atoms with E-state index in [1.54, 1.807) is 30.5 Å². The van der Waals surface area contributed by atoms with Crippen LogP contribution in [-0.4, -0.2) is 16.9 Å². The second kappa shape index (κ2) is 5.85. The highest BCUT2D eigenvalue weighted by Gasteiger charge is 2.08. The molecule has 0 aliphatic rings. The smallest absolute Gasteiger partial charge is 0.251 e. The third-order valence-corrected chi connectivity index (χ3v) is 2.90. The van der Waals surface area contributed by atoms with E-state index in [9.17, 15) is 4.79 Å². The van der Waals surface area contributed by atoms with Crippen molar-refractivity contribution in [2.75, 3.05) is 0 Å². The molecule has 98 valence electrons. The number of nitrogens with zero attached hydrogens (tertiary/aromatic N) is 1. The van der Waals surface area contributed by atoms with Crippen molar-refractivity contribution >= 4 is 17.5 Å². The lowest BCUT2D eigenvalue weighted by Crippen LogP contribution is -2.29. The summed E-state index contributed by atoms with van der Waals surface area (Å²) in [5.41, 5.74) is 2.25. The summed E-state index contributed by atoms with van der Waals surface area (Å²) in [4.78, 5) is 16.1. The number of pyridine rings is 1. The Morgan fingerprint density at radius 2 is 1.89 bits per heavy atom. The zero-order chi connectivity index (χ0) is 13.8. The van der Waals surface area contributed by atoms with Crippen LogP contribution >= 0.6 is 11.6 Å². The minimum atomic E-state index is -0.0753. The first-order valence-corrected chi connectivity index (χ1v) is 6.47. The van der Waals surface area contributed by atoms with Crippen LogP contribution in [0.3, 0.4) is 0 Å². The van der Waals surface area contributed by atoms with Crippen molar-refractivity contribution in [1.29, 1.82) is 0 Å². The average Bonchev–Trinajstić information content (AvgIpc) is 2.39. The van der Waals surface area contributed by atoms with Crippen LogP contribution < -0.4 is 5.32 Å². The number of benzene rings is 1. The number of rotatable bonds is 3. The van der Waals surface area contributed by atoms with Gasteiger partial charge in [-0.1, -0.05) is 23.7 Å². The van der Waals surface area contributed by atoms with E-state index in [2.05, 4.69) is 10.3 Å². The van der Waals surface area contributed by atoms with Crippen LogP contribution in [0.4, 0.5) is 0 Å². The molecule has 2 aromatic rings. The number of nitrogens with one attached hydrogen (secondary N) is 1. The van der Waals surface area contributed by atoms with Crippen molar-refractivity contribution in [2.24, 2.45) is 0 Å². The SMILES string of the molecule is CC(C)NC(=O)c1ccc(-c2ncccc2Cl)cc1. The Bertz CT molecular complexity index is 579. The van der Waals surface area contributed by atoms with Gasteiger partial charge in [0.05, 0.1) is 10.7 Å². The number of hydrogen-bond acceptors (Lipinski definition) is 2. The van der Waals surface area contributed by atoms with Crippen LogP contribution in [0.25, 0.3) is 11.3 Å². The first-order valence-electron chi connectivity index (χ1n) is 6.09. The molecule has 3 nitrogen and oxygen atoms in total. The van der Waals surface area contributed by atoms with Crippen LogP contribution in [-0.2, 0) is 0 Å². The number of halogens is 1. The Hall–Kier alpha value is -1.87. The molecule has 0 fully saturated rings. The van der Waals surface area contributed by atoms with Gasteiger partial charge in [0.15, 0.2) is 0 Å². The maximum absolute atomic E-state index is 11.8. The molecule has 1 amide bonds. The summed E-state index contributed by atoms with van der Waals surface area (Å²) in [6.45, 7) is 3.86. The molecule has 0 radical (unpaired) electrons. The highest BCUT2D eigenvalue weighted by Crippen LogP contribution is 2.25. The zero-order valence-corrected chi connectivity index (χ0v) is 11.6. The molecule has 2 rings (SSSR count). The number of aromatic nitrogens is 1.